The molecule has 1 aliphatic rings. The van der Waals surface area contributed by atoms with Gasteiger partial charge in [-0.1, -0.05) is 18.2 Å². The molecule has 7 heteroatoms. The fourth-order valence-corrected chi connectivity index (χ4v) is 3.26. The Kier molecular flexibility index (Phi) is 3.23. The van der Waals surface area contributed by atoms with Crippen LogP contribution in [0.4, 0.5) is 11.5 Å². The molecule has 0 spiro atoms. The Morgan fingerprint density at radius 3 is 2.88 bits per heavy atom. The summed E-state index contributed by atoms with van der Waals surface area (Å²) in [6.45, 7) is 3.79. The van der Waals surface area contributed by atoms with Gasteiger partial charge in [0.1, 0.15) is 11.6 Å². The molecule has 3 aromatic rings. The predicted octanol–water partition coefficient (Wildman–Crippen LogP) is 2.48. The van der Waals surface area contributed by atoms with Gasteiger partial charge in [0.2, 0.25) is 5.91 Å². The lowest BCUT2D eigenvalue weighted by atomic mass is 9.97. The van der Waals surface area contributed by atoms with Crippen LogP contribution in [-0.2, 0) is 11.8 Å². The van der Waals surface area contributed by atoms with Crippen LogP contribution in [0.2, 0.25) is 0 Å². The van der Waals surface area contributed by atoms with Gasteiger partial charge in [0.25, 0.3) is 0 Å². The van der Waals surface area contributed by atoms with Gasteiger partial charge in [0, 0.05) is 12.7 Å². The molecule has 0 fully saturated rings. The number of fused-ring (bicyclic) bond motifs is 2. The van der Waals surface area contributed by atoms with Crippen molar-refractivity contribution >= 4 is 28.4 Å². The largest absolute Gasteiger partial charge is 0.362 e. The number of hydrogen-bond acceptors (Lipinski definition) is 5. The van der Waals surface area contributed by atoms with Gasteiger partial charge >= 0.3 is 0 Å². The number of anilines is 2. The van der Waals surface area contributed by atoms with E-state index in [9.17, 15) is 4.79 Å². The number of carbonyl (C=O) groups is 1. The number of aromatic nitrogens is 4. The zero-order chi connectivity index (χ0) is 16.8. The molecule has 1 amide bonds. The van der Waals surface area contributed by atoms with Gasteiger partial charge in [-0.15, -0.1) is 0 Å². The average Bonchev–Trinajstić information content (AvgIpc) is 2.81. The normalized spacial score (nSPS) is 16.8. The highest BCUT2D eigenvalue weighted by molar-refractivity contribution is 5.96. The second kappa shape index (κ2) is 5.30. The van der Waals surface area contributed by atoms with Gasteiger partial charge in [-0.05, 0) is 25.5 Å². The maximum Gasteiger partial charge on any atom is 0.226 e. The molecule has 0 saturated carbocycles. The minimum absolute atomic E-state index is 0.00358. The molecule has 0 unspecified atom stereocenters. The summed E-state index contributed by atoms with van der Waals surface area (Å²) in [6, 6.07) is 7.69. The van der Waals surface area contributed by atoms with Crippen LogP contribution in [0.1, 0.15) is 29.5 Å². The monoisotopic (exact) mass is 322 g/mol. The zero-order valence-corrected chi connectivity index (χ0v) is 13.8. The van der Waals surface area contributed by atoms with Crippen molar-refractivity contribution in [2.24, 2.45) is 7.05 Å². The number of amides is 1. The molecule has 24 heavy (non-hydrogen) atoms. The molecular weight excluding hydrogens is 304 g/mol. The Morgan fingerprint density at radius 1 is 1.25 bits per heavy atom. The highest BCUT2D eigenvalue weighted by atomic mass is 16.1. The first kappa shape index (κ1) is 14.6. The minimum atomic E-state index is -0.132. The van der Waals surface area contributed by atoms with E-state index >= 15 is 0 Å². The summed E-state index contributed by atoms with van der Waals surface area (Å²) >= 11 is 0. The van der Waals surface area contributed by atoms with E-state index in [0.717, 1.165) is 33.8 Å². The third-order valence-electron chi connectivity index (χ3n) is 4.28. The van der Waals surface area contributed by atoms with Gasteiger partial charge in [-0.3, -0.25) is 9.48 Å². The maximum atomic E-state index is 12.0. The fourth-order valence-electron chi connectivity index (χ4n) is 3.26. The van der Waals surface area contributed by atoms with Crippen molar-refractivity contribution in [1.29, 1.82) is 0 Å². The summed E-state index contributed by atoms with van der Waals surface area (Å²) in [6.07, 6.45) is 0.362. The first-order valence-electron chi connectivity index (χ1n) is 7.86. The van der Waals surface area contributed by atoms with Crippen LogP contribution in [-0.4, -0.2) is 25.7 Å². The first-order valence-corrected chi connectivity index (χ1v) is 7.86. The first-order chi connectivity index (χ1) is 11.5. The van der Waals surface area contributed by atoms with Crippen molar-refractivity contribution in [1.82, 2.24) is 19.7 Å². The number of aryl methyl sites for hydroxylation is 3. The maximum absolute atomic E-state index is 12.0. The second-order valence-electron chi connectivity index (χ2n) is 6.06. The molecule has 0 radical (unpaired) electrons. The summed E-state index contributed by atoms with van der Waals surface area (Å²) < 4.78 is 1.76. The van der Waals surface area contributed by atoms with Crippen molar-refractivity contribution in [3.8, 4) is 0 Å². The lowest BCUT2D eigenvalue weighted by molar-refractivity contribution is -0.116. The summed E-state index contributed by atoms with van der Waals surface area (Å²) in [5.41, 5.74) is 3.55. The minimum Gasteiger partial charge on any atom is -0.362 e. The third kappa shape index (κ3) is 2.29. The number of para-hydroxylation sites is 1. The van der Waals surface area contributed by atoms with E-state index in [-0.39, 0.29) is 11.9 Å². The number of benzene rings is 1. The van der Waals surface area contributed by atoms with E-state index in [1.54, 1.807) is 4.68 Å². The molecule has 4 rings (SSSR count). The number of nitrogens with zero attached hydrogens (tertiary/aromatic N) is 4. The molecule has 2 N–H and O–H groups in total. The van der Waals surface area contributed by atoms with Crippen molar-refractivity contribution in [3.05, 3.63) is 41.3 Å². The Balaban J connectivity index is 1.82. The van der Waals surface area contributed by atoms with Gasteiger partial charge in [0.05, 0.1) is 23.5 Å². The van der Waals surface area contributed by atoms with E-state index in [0.29, 0.717) is 12.2 Å². The lowest BCUT2D eigenvalue weighted by Gasteiger charge is -2.27. The second-order valence-corrected chi connectivity index (χ2v) is 6.06. The van der Waals surface area contributed by atoms with E-state index in [2.05, 4.69) is 25.7 Å². The highest BCUT2D eigenvalue weighted by Crippen LogP contribution is 2.34. The molecule has 0 aliphatic carbocycles. The smallest absolute Gasteiger partial charge is 0.226 e. The Hall–Kier alpha value is -2.96. The Bertz CT molecular complexity index is 961. The third-order valence-corrected chi connectivity index (χ3v) is 4.28. The molecular formula is C17H18N6O. The van der Waals surface area contributed by atoms with Crippen LogP contribution < -0.4 is 10.6 Å². The number of carbonyl (C=O) groups excluding carboxylic acids is 1. The van der Waals surface area contributed by atoms with Crippen LogP contribution in [0.3, 0.4) is 0 Å². The van der Waals surface area contributed by atoms with E-state index < -0.39 is 0 Å². The SMILES string of the molecule is Cc1nc(N[C@@H]2CC(=O)Nc3ccccc32)c2c(C)nn(C)c2n1. The average molecular weight is 322 g/mol. The summed E-state index contributed by atoms with van der Waals surface area (Å²) in [7, 11) is 1.87. The number of nitrogens with one attached hydrogen (secondary N) is 2. The lowest BCUT2D eigenvalue weighted by Crippen LogP contribution is -2.27. The Labute approximate surface area is 139 Å². The molecule has 1 aliphatic heterocycles. The summed E-state index contributed by atoms with van der Waals surface area (Å²) in [5.74, 6) is 1.38. The van der Waals surface area contributed by atoms with Crippen molar-refractivity contribution in [2.45, 2.75) is 26.3 Å². The van der Waals surface area contributed by atoms with E-state index in [4.69, 9.17) is 0 Å². The van der Waals surface area contributed by atoms with Gasteiger partial charge in [-0.25, -0.2) is 9.97 Å². The van der Waals surface area contributed by atoms with E-state index in [1.807, 2.05) is 45.2 Å². The molecule has 3 heterocycles. The van der Waals surface area contributed by atoms with Gasteiger partial charge < -0.3 is 10.6 Å². The van der Waals surface area contributed by atoms with Gasteiger partial charge in [-0.2, -0.15) is 5.10 Å². The molecule has 0 saturated heterocycles. The standard InChI is InChI=1S/C17H18N6O/c1-9-15-16(18-10(2)19-17(15)23(3)22-9)21-13-8-14(24)20-12-7-5-4-6-11(12)13/h4-7,13H,8H2,1-3H3,(H,20,24)(H,18,19,21)/t13-/m1/s1. The molecule has 1 aromatic carbocycles. The Morgan fingerprint density at radius 2 is 2.04 bits per heavy atom. The van der Waals surface area contributed by atoms with E-state index in [1.165, 1.54) is 0 Å². The van der Waals surface area contributed by atoms with Crippen molar-refractivity contribution < 1.29 is 4.79 Å². The number of rotatable bonds is 2. The van der Waals surface area contributed by atoms with Crippen molar-refractivity contribution in [3.63, 3.8) is 0 Å². The molecule has 122 valence electrons. The summed E-state index contributed by atoms with van der Waals surface area (Å²) in [5, 5.41) is 11.7. The molecule has 7 nitrogen and oxygen atoms in total. The molecule has 0 bridgehead atoms. The topological polar surface area (TPSA) is 84.7 Å². The van der Waals surface area contributed by atoms with Crippen LogP contribution in [0.5, 0.6) is 0 Å². The molecule has 2 aromatic heterocycles. The molecule has 1 atom stereocenters. The van der Waals surface area contributed by atoms with Crippen LogP contribution in [0.15, 0.2) is 24.3 Å². The van der Waals surface area contributed by atoms with Gasteiger partial charge in [0.15, 0.2) is 5.65 Å². The zero-order valence-electron chi connectivity index (χ0n) is 13.8. The highest BCUT2D eigenvalue weighted by Gasteiger charge is 2.26. The van der Waals surface area contributed by atoms with Crippen LogP contribution in [0.25, 0.3) is 11.0 Å². The predicted molar refractivity (Wildman–Crippen MR) is 91.8 cm³/mol. The van der Waals surface area contributed by atoms with Crippen LogP contribution >= 0.6 is 0 Å². The summed E-state index contributed by atoms with van der Waals surface area (Å²) in [4.78, 5) is 21.1. The van der Waals surface area contributed by atoms with Crippen molar-refractivity contribution in [2.75, 3.05) is 10.6 Å². The van der Waals surface area contributed by atoms with Crippen LogP contribution in [0, 0.1) is 13.8 Å². The fraction of sp³-hybridized carbons (Fsp3) is 0.294. The number of hydrogen-bond donors (Lipinski definition) is 2. The quantitative estimate of drug-likeness (QED) is 0.757.